The Hall–Kier alpha value is -6.44. The molecule has 1 heteroatoms. The van der Waals surface area contributed by atoms with E-state index < -0.39 is 0 Å². The van der Waals surface area contributed by atoms with Crippen LogP contribution in [0.3, 0.4) is 0 Å². The maximum Gasteiger partial charge on any atom is 0.135 e. The van der Waals surface area contributed by atoms with Crippen LogP contribution in [-0.4, -0.2) is 0 Å². The summed E-state index contributed by atoms with van der Waals surface area (Å²) in [6, 6.07) is 66.1. The molecule has 0 amide bonds. The molecule has 0 atom stereocenters. The maximum atomic E-state index is 6.17. The fraction of sp³-hybridized carbons (Fsp3) is 0.0204. The number of hydrogen-bond acceptors (Lipinski definition) is 1. The molecule has 0 unspecified atom stereocenters. The Kier molecular flexibility index (Phi) is 6.63. The minimum absolute atomic E-state index is 0.815. The second-order valence-electron chi connectivity index (χ2n) is 13.2. The second kappa shape index (κ2) is 11.6. The average Bonchev–Trinajstić information content (AvgIpc) is 3.56. The van der Waals surface area contributed by atoms with E-state index in [4.69, 9.17) is 4.42 Å². The van der Waals surface area contributed by atoms with Crippen LogP contribution in [0.1, 0.15) is 11.1 Å². The first kappa shape index (κ1) is 28.6. The number of furan rings is 1. The van der Waals surface area contributed by atoms with E-state index in [-0.39, 0.29) is 0 Å². The summed E-state index contributed by atoms with van der Waals surface area (Å²) in [7, 11) is 0. The van der Waals surface area contributed by atoms with Crippen molar-refractivity contribution in [3.8, 4) is 33.4 Å². The van der Waals surface area contributed by atoms with Crippen molar-refractivity contribution in [1.82, 2.24) is 0 Å². The molecule has 0 radical (unpaired) electrons. The summed E-state index contributed by atoms with van der Waals surface area (Å²) < 4.78 is 6.17. The summed E-state index contributed by atoms with van der Waals surface area (Å²) in [6.45, 7) is 0. The maximum absolute atomic E-state index is 6.17. The Morgan fingerprint density at radius 3 is 1.74 bits per heavy atom. The van der Waals surface area contributed by atoms with Crippen LogP contribution in [0.5, 0.6) is 0 Å². The van der Waals surface area contributed by atoms with Crippen LogP contribution < -0.4 is 0 Å². The van der Waals surface area contributed by atoms with E-state index in [9.17, 15) is 0 Å². The van der Waals surface area contributed by atoms with Crippen molar-refractivity contribution < 1.29 is 4.42 Å². The Balaban J connectivity index is 1.18. The van der Waals surface area contributed by atoms with E-state index in [0.29, 0.717) is 0 Å². The minimum Gasteiger partial charge on any atom is -0.456 e. The molecule has 0 aliphatic heterocycles. The van der Waals surface area contributed by atoms with E-state index in [1.807, 2.05) is 12.1 Å². The lowest BCUT2D eigenvalue weighted by molar-refractivity contribution is 0.669. The molecule has 0 N–H and O–H groups in total. The summed E-state index contributed by atoms with van der Waals surface area (Å²) in [4.78, 5) is 0. The van der Waals surface area contributed by atoms with Gasteiger partial charge < -0.3 is 4.42 Å². The van der Waals surface area contributed by atoms with Gasteiger partial charge in [-0.25, -0.2) is 0 Å². The van der Waals surface area contributed by atoms with Crippen LogP contribution >= 0.6 is 0 Å². The van der Waals surface area contributed by atoms with Gasteiger partial charge in [0.1, 0.15) is 11.2 Å². The lowest BCUT2D eigenvalue weighted by Gasteiger charge is -2.20. The number of fused-ring (bicyclic) bond motifs is 6. The molecular formula is C49H32O. The molecule has 10 aromatic rings. The fourth-order valence-corrected chi connectivity index (χ4v) is 8.04. The number of hydrogen-bond donors (Lipinski definition) is 0. The van der Waals surface area contributed by atoms with Crippen molar-refractivity contribution >= 4 is 54.3 Å². The summed E-state index contributed by atoms with van der Waals surface area (Å²) >= 11 is 0. The van der Waals surface area contributed by atoms with Crippen LogP contribution in [0.25, 0.3) is 87.6 Å². The monoisotopic (exact) mass is 636 g/mol. The summed E-state index contributed by atoms with van der Waals surface area (Å²) in [5.74, 6) is 0. The molecule has 0 bridgehead atoms. The summed E-state index contributed by atoms with van der Waals surface area (Å²) in [6.07, 6.45) is 0.815. The zero-order valence-corrected chi connectivity index (χ0v) is 27.4. The molecule has 0 spiro atoms. The highest BCUT2D eigenvalue weighted by molar-refractivity contribution is 6.19. The number of para-hydroxylation sites is 1. The zero-order valence-electron chi connectivity index (χ0n) is 27.4. The molecule has 0 aliphatic carbocycles. The Bertz CT molecular complexity index is 2840. The average molecular weight is 637 g/mol. The van der Waals surface area contributed by atoms with E-state index >= 15 is 0 Å². The van der Waals surface area contributed by atoms with Gasteiger partial charge in [0, 0.05) is 10.8 Å². The van der Waals surface area contributed by atoms with Gasteiger partial charge in [0.05, 0.1) is 0 Å². The SMILES string of the molecule is c1ccc(-c2ccc3cccc(-c4c5ccccc5c(Cc5ccccc5-c5ccc6oc7ccccc7c6c5)c5ccccc45)c3c2)cc1. The molecule has 0 saturated heterocycles. The van der Waals surface area contributed by atoms with E-state index in [1.165, 1.54) is 76.8 Å². The standard InChI is InChI=1S/C49H32O/c1-2-13-32(14-3-1)34-26-25-33-16-12-23-43(44(33)29-34)49-41-21-8-6-18-38(41)45(39-19-7-9-22-42(39)49)30-35-15-4-5-17-37(35)36-27-28-48-46(31-36)40-20-10-11-24-47(40)50-48/h1-29,31H,30H2. The predicted molar refractivity (Wildman–Crippen MR) is 212 cm³/mol. The van der Waals surface area contributed by atoms with Gasteiger partial charge in [-0.1, -0.05) is 158 Å². The highest BCUT2D eigenvalue weighted by Crippen LogP contribution is 2.44. The molecule has 0 aliphatic rings. The smallest absolute Gasteiger partial charge is 0.135 e. The van der Waals surface area contributed by atoms with Crippen LogP contribution in [-0.2, 0) is 6.42 Å². The van der Waals surface area contributed by atoms with Crippen LogP contribution in [0.2, 0.25) is 0 Å². The van der Waals surface area contributed by atoms with Gasteiger partial charge in [-0.2, -0.15) is 0 Å². The minimum atomic E-state index is 0.815. The number of benzene rings is 9. The first-order valence-electron chi connectivity index (χ1n) is 17.3. The van der Waals surface area contributed by atoms with Crippen molar-refractivity contribution in [3.05, 3.63) is 193 Å². The van der Waals surface area contributed by atoms with Gasteiger partial charge in [-0.3, -0.25) is 0 Å². The first-order valence-corrected chi connectivity index (χ1v) is 17.3. The van der Waals surface area contributed by atoms with Crippen molar-refractivity contribution in [2.45, 2.75) is 6.42 Å². The topological polar surface area (TPSA) is 13.1 Å². The highest BCUT2D eigenvalue weighted by Gasteiger charge is 2.19. The molecule has 234 valence electrons. The summed E-state index contributed by atoms with van der Waals surface area (Å²) in [5.41, 5.74) is 12.0. The largest absolute Gasteiger partial charge is 0.456 e. The summed E-state index contributed by atoms with van der Waals surface area (Å²) in [5, 5.41) is 9.97. The van der Waals surface area contributed by atoms with E-state index in [2.05, 4.69) is 170 Å². The fourth-order valence-electron chi connectivity index (χ4n) is 8.04. The van der Waals surface area contributed by atoms with Crippen LogP contribution in [0, 0.1) is 0 Å². The first-order chi connectivity index (χ1) is 24.8. The second-order valence-corrected chi connectivity index (χ2v) is 13.2. The van der Waals surface area contributed by atoms with Gasteiger partial charge in [0.15, 0.2) is 0 Å². The highest BCUT2D eigenvalue weighted by atomic mass is 16.3. The molecule has 0 fully saturated rings. The van der Waals surface area contributed by atoms with Crippen molar-refractivity contribution in [1.29, 1.82) is 0 Å². The van der Waals surface area contributed by atoms with Crippen molar-refractivity contribution in [2.24, 2.45) is 0 Å². The van der Waals surface area contributed by atoms with Gasteiger partial charge in [0.25, 0.3) is 0 Å². The molecule has 1 aromatic heterocycles. The molecule has 0 saturated carbocycles. The quantitative estimate of drug-likeness (QED) is 0.171. The Labute approximate surface area is 290 Å². The van der Waals surface area contributed by atoms with Crippen LogP contribution in [0.4, 0.5) is 0 Å². The van der Waals surface area contributed by atoms with Gasteiger partial charge in [-0.15, -0.1) is 0 Å². The van der Waals surface area contributed by atoms with Gasteiger partial charge in [-0.05, 0) is 108 Å². The van der Waals surface area contributed by atoms with Crippen LogP contribution in [0.15, 0.2) is 186 Å². The molecule has 1 heterocycles. The predicted octanol–water partition coefficient (Wildman–Crippen LogP) is 13.6. The lowest BCUT2D eigenvalue weighted by atomic mass is 9.84. The van der Waals surface area contributed by atoms with Gasteiger partial charge in [0.2, 0.25) is 0 Å². The molecule has 1 nitrogen and oxygen atoms in total. The third-order valence-corrected chi connectivity index (χ3v) is 10.4. The van der Waals surface area contributed by atoms with E-state index in [0.717, 1.165) is 28.4 Å². The molecular weight excluding hydrogens is 605 g/mol. The van der Waals surface area contributed by atoms with E-state index in [1.54, 1.807) is 0 Å². The lowest BCUT2D eigenvalue weighted by Crippen LogP contribution is -1.97. The van der Waals surface area contributed by atoms with Crippen molar-refractivity contribution in [2.75, 3.05) is 0 Å². The third-order valence-electron chi connectivity index (χ3n) is 10.4. The Morgan fingerprint density at radius 2 is 0.940 bits per heavy atom. The molecule has 10 rings (SSSR count). The normalized spacial score (nSPS) is 11.7. The number of rotatable bonds is 5. The van der Waals surface area contributed by atoms with Gasteiger partial charge >= 0.3 is 0 Å². The molecule has 9 aromatic carbocycles. The zero-order chi connectivity index (χ0) is 33.0. The Morgan fingerprint density at radius 1 is 0.340 bits per heavy atom. The van der Waals surface area contributed by atoms with Crippen molar-refractivity contribution in [3.63, 3.8) is 0 Å². The molecule has 50 heavy (non-hydrogen) atoms. The third kappa shape index (κ3) is 4.63.